The summed E-state index contributed by atoms with van der Waals surface area (Å²) in [6.45, 7) is 5.64. The summed E-state index contributed by atoms with van der Waals surface area (Å²) in [7, 11) is 1.98. The van der Waals surface area contributed by atoms with Crippen LogP contribution in [0.25, 0.3) is 0 Å². The monoisotopic (exact) mass is 358 g/mol. The number of nitrogens with one attached hydrogen (secondary N) is 1. The van der Waals surface area contributed by atoms with Crippen LogP contribution in [-0.4, -0.2) is 52.7 Å². The number of nitrogens with two attached hydrogens (primary N) is 1. The molecular formula is C19H26N4O3. The zero-order valence-electron chi connectivity index (χ0n) is 15.5. The highest BCUT2D eigenvalue weighted by Gasteiger charge is 2.40. The van der Waals surface area contributed by atoms with Gasteiger partial charge in [0.25, 0.3) is 5.91 Å². The Labute approximate surface area is 153 Å². The van der Waals surface area contributed by atoms with E-state index in [0.717, 1.165) is 11.1 Å². The molecule has 0 saturated carbocycles. The maximum atomic E-state index is 13.0. The SMILES string of the molecule is CN(Cc1cccc2c1C(=O)N(C1CCC(=O)NC1=O)C2)CC(C)(C)N. The fourth-order valence-electron chi connectivity index (χ4n) is 3.86. The van der Waals surface area contributed by atoms with Crippen LogP contribution in [-0.2, 0) is 22.7 Å². The van der Waals surface area contributed by atoms with Crippen LogP contribution < -0.4 is 11.1 Å². The first kappa shape index (κ1) is 18.5. The number of benzene rings is 1. The van der Waals surface area contributed by atoms with Crippen molar-refractivity contribution in [2.45, 2.75) is 51.4 Å². The van der Waals surface area contributed by atoms with Gasteiger partial charge in [-0.3, -0.25) is 19.7 Å². The quantitative estimate of drug-likeness (QED) is 0.752. The van der Waals surface area contributed by atoms with Crippen LogP contribution in [0.4, 0.5) is 0 Å². The number of carbonyl (C=O) groups is 3. The fourth-order valence-corrected chi connectivity index (χ4v) is 3.86. The van der Waals surface area contributed by atoms with Gasteiger partial charge in [0.2, 0.25) is 11.8 Å². The third-order valence-electron chi connectivity index (χ3n) is 4.76. The van der Waals surface area contributed by atoms with E-state index < -0.39 is 6.04 Å². The minimum atomic E-state index is -0.582. The molecule has 0 aliphatic carbocycles. The average Bonchev–Trinajstić information content (AvgIpc) is 2.83. The Kier molecular flexibility index (Phi) is 4.86. The Morgan fingerprint density at radius 3 is 2.69 bits per heavy atom. The number of fused-ring (bicyclic) bond motifs is 1. The summed E-state index contributed by atoms with van der Waals surface area (Å²) in [5.41, 5.74) is 8.31. The molecule has 1 aromatic carbocycles. The number of hydrogen-bond acceptors (Lipinski definition) is 5. The molecule has 2 aliphatic heterocycles. The first-order chi connectivity index (χ1) is 12.2. The van der Waals surface area contributed by atoms with Crippen molar-refractivity contribution in [3.63, 3.8) is 0 Å². The van der Waals surface area contributed by atoms with Gasteiger partial charge in [0.05, 0.1) is 0 Å². The lowest BCUT2D eigenvalue weighted by molar-refractivity contribution is -0.136. The van der Waals surface area contributed by atoms with Gasteiger partial charge >= 0.3 is 0 Å². The zero-order valence-corrected chi connectivity index (χ0v) is 15.5. The largest absolute Gasteiger partial charge is 0.324 e. The lowest BCUT2D eigenvalue weighted by Gasteiger charge is -2.29. The maximum absolute atomic E-state index is 13.0. The molecule has 1 aromatic rings. The van der Waals surface area contributed by atoms with Gasteiger partial charge in [-0.1, -0.05) is 18.2 Å². The van der Waals surface area contributed by atoms with E-state index in [1.807, 2.05) is 39.1 Å². The van der Waals surface area contributed by atoms with Crippen molar-refractivity contribution in [3.8, 4) is 0 Å². The van der Waals surface area contributed by atoms with Gasteiger partial charge in [-0.05, 0) is 38.4 Å². The number of carbonyl (C=O) groups excluding carboxylic acids is 3. The van der Waals surface area contributed by atoms with Crippen LogP contribution in [0.3, 0.4) is 0 Å². The predicted octanol–water partition coefficient (Wildman–Crippen LogP) is 0.617. The topological polar surface area (TPSA) is 95.7 Å². The molecular weight excluding hydrogens is 332 g/mol. The molecule has 1 atom stereocenters. The van der Waals surface area contributed by atoms with Crippen LogP contribution >= 0.6 is 0 Å². The van der Waals surface area contributed by atoms with Gasteiger partial charge in [-0.15, -0.1) is 0 Å². The molecule has 3 N–H and O–H groups in total. The summed E-state index contributed by atoms with van der Waals surface area (Å²) in [6, 6.07) is 5.23. The first-order valence-electron chi connectivity index (χ1n) is 8.88. The second-order valence-electron chi connectivity index (χ2n) is 8.01. The van der Waals surface area contributed by atoms with Crippen molar-refractivity contribution < 1.29 is 14.4 Å². The Morgan fingerprint density at radius 1 is 1.31 bits per heavy atom. The summed E-state index contributed by atoms with van der Waals surface area (Å²) in [5, 5.41) is 2.33. The van der Waals surface area contributed by atoms with Crippen molar-refractivity contribution in [1.29, 1.82) is 0 Å². The second-order valence-corrected chi connectivity index (χ2v) is 8.01. The summed E-state index contributed by atoms with van der Waals surface area (Å²) >= 11 is 0. The number of nitrogens with zero attached hydrogens (tertiary/aromatic N) is 2. The molecule has 140 valence electrons. The van der Waals surface area contributed by atoms with E-state index in [1.165, 1.54) is 0 Å². The Bertz CT molecular complexity index is 754. The highest BCUT2D eigenvalue weighted by atomic mass is 16.2. The molecule has 7 heteroatoms. The number of hydrogen-bond donors (Lipinski definition) is 2. The first-order valence-corrected chi connectivity index (χ1v) is 8.88. The van der Waals surface area contributed by atoms with E-state index in [1.54, 1.807) is 4.90 Å². The van der Waals surface area contributed by atoms with Crippen molar-refractivity contribution in [1.82, 2.24) is 15.1 Å². The highest BCUT2D eigenvalue weighted by molar-refractivity contribution is 6.05. The van der Waals surface area contributed by atoms with E-state index in [4.69, 9.17) is 5.73 Å². The van der Waals surface area contributed by atoms with Crippen LogP contribution in [0.5, 0.6) is 0 Å². The molecule has 3 rings (SSSR count). The number of amides is 3. The minimum Gasteiger partial charge on any atom is -0.324 e. The van der Waals surface area contributed by atoms with E-state index in [-0.39, 0.29) is 29.7 Å². The molecule has 1 unspecified atom stereocenters. The van der Waals surface area contributed by atoms with Crippen molar-refractivity contribution in [2.75, 3.05) is 13.6 Å². The minimum absolute atomic E-state index is 0.134. The molecule has 0 aromatic heterocycles. The van der Waals surface area contributed by atoms with Gasteiger partial charge in [-0.25, -0.2) is 0 Å². The molecule has 2 heterocycles. The van der Waals surface area contributed by atoms with E-state index in [9.17, 15) is 14.4 Å². The maximum Gasteiger partial charge on any atom is 0.255 e. The molecule has 0 bridgehead atoms. The fraction of sp³-hybridized carbons (Fsp3) is 0.526. The summed E-state index contributed by atoms with van der Waals surface area (Å²) in [6.07, 6.45) is 0.638. The molecule has 1 fully saturated rings. The zero-order chi connectivity index (χ0) is 19.1. The Balaban J connectivity index is 1.80. The molecule has 1 saturated heterocycles. The van der Waals surface area contributed by atoms with Crippen molar-refractivity contribution in [3.05, 3.63) is 34.9 Å². The normalized spacial score (nSPS) is 20.6. The lowest BCUT2D eigenvalue weighted by Crippen LogP contribution is -2.52. The van der Waals surface area contributed by atoms with Gasteiger partial charge in [0.15, 0.2) is 0 Å². The molecule has 3 amide bonds. The summed E-state index contributed by atoms with van der Waals surface area (Å²) < 4.78 is 0. The average molecular weight is 358 g/mol. The molecule has 0 spiro atoms. The smallest absolute Gasteiger partial charge is 0.255 e. The summed E-state index contributed by atoms with van der Waals surface area (Å²) in [5.74, 6) is -0.793. The van der Waals surface area contributed by atoms with E-state index in [2.05, 4.69) is 10.2 Å². The van der Waals surface area contributed by atoms with Gasteiger partial charge in [-0.2, -0.15) is 0 Å². The molecule has 2 aliphatic rings. The Morgan fingerprint density at radius 2 is 2.04 bits per heavy atom. The van der Waals surface area contributed by atoms with Gasteiger partial charge in [0.1, 0.15) is 6.04 Å². The Hall–Kier alpha value is -2.25. The third kappa shape index (κ3) is 3.78. The second kappa shape index (κ2) is 6.81. The van der Waals surface area contributed by atoms with Crippen LogP contribution in [0.2, 0.25) is 0 Å². The number of imide groups is 1. The number of piperidine rings is 1. The highest BCUT2D eigenvalue weighted by Crippen LogP contribution is 2.30. The van der Waals surface area contributed by atoms with Gasteiger partial charge < -0.3 is 15.5 Å². The van der Waals surface area contributed by atoms with Crippen LogP contribution in [0, 0.1) is 0 Å². The summed E-state index contributed by atoms with van der Waals surface area (Å²) in [4.78, 5) is 40.2. The van der Waals surface area contributed by atoms with Crippen molar-refractivity contribution >= 4 is 17.7 Å². The van der Waals surface area contributed by atoms with Crippen molar-refractivity contribution in [2.24, 2.45) is 5.73 Å². The van der Waals surface area contributed by atoms with E-state index >= 15 is 0 Å². The predicted molar refractivity (Wildman–Crippen MR) is 97.1 cm³/mol. The third-order valence-corrected chi connectivity index (χ3v) is 4.76. The number of rotatable bonds is 5. The number of likely N-dealkylation sites (N-methyl/N-ethyl adjacent to an activating group) is 1. The molecule has 7 nitrogen and oxygen atoms in total. The van der Waals surface area contributed by atoms with E-state index in [0.29, 0.717) is 31.6 Å². The van der Waals surface area contributed by atoms with Crippen LogP contribution in [0.15, 0.2) is 18.2 Å². The standard InChI is InChI=1S/C19H26N4O3/c1-19(2,20)11-22(3)9-12-5-4-6-13-10-23(18(26)16(12)13)14-7-8-15(24)21-17(14)25/h4-6,14H,7-11,20H2,1-3H3,(H,21,24,25). The van der Waals surface area contributed by atoms with Crippen LogP contribution in [0.1, 0.15) is 48.2 Å². The molecule has 0 radical (unpaired) electrons. The van der Waals surface area contributed by atoms with Gasteiger partial charge in [0, 0.05) is 37.2 Å². The lowest BCUT2D eigenvalue weighted by atomic mass is 10.0. The molecule has 26 heavy (non-hydrogen) atoms.